The van der Waals surface area contributed by atoms with Gasteiger partial charge in [-0.2, -0.15) is 0 Å². The van der Waals surface area contributed by atoms with Crippen LogP contribution < -0.4 is 4.90 Å². The van der Waals surface area contributed by atoms with Crippen LogP contribution in [0.15, 0.2) is 72.8 Å². The normalized spacial score (nSPS) is 23.7. The van der Waals surface area contributed by atoms with Crippen LogP contribution in [-0.4, -0.2) is 29.4 Å². The lowest BCUT2D eigenvalue weighted by atomic mass is 9.64. The fourth-order valence-corrected chi connectivity index (χ4v) is 6.39. The first-order valence-corrected chi connectivity index (χ1v) is 11.7. The molecule has 3 aromatic carbocycles. The van der Waals surface area contributed by atoms with E-state index in [1.807, 2.05) is 54.3 Å². The van der Waals surface area contributed by atoms with Crippen molar-refractivity contribution in [2.75, 3.05) is 4.90 Å². The van der Waals surface area contributed by atoms with Gasteiger partial charge in [-0.15, -0.1) is 0 Å². The maximum Gasteiger partial charge on any atom is 0.180 e. The molecule has 3 atom stereocenters. The Morgan fingerprint density at radius 3 is 2.21 bits per heavy atom. The lowest BCUT2D eigenvalue weighted by Gasteiger charge is -2.37. The molecule has 5 heteroatoms. The van der Waals surface area contributed by atoms with Gasteiger partial charge in [-0.1, -0.05) is 72.3 Å². The average Bonchev–Trinajstić information content (AvgIpc) is 3.27. The van der Waals surface area contributed by atoms with Gasteiger partial charge in [-0.25, -0.2) is 0 Å². The first kappa shape index (κ1) is 21.1. The summed E-state index contributed by atoms with van der Waals surface area (Å²) in [6.07, 6.45) is 3.91. The summed E-state index contributed by atoms with van der Waals surface area (Å²) in [6.45, 7) is 3.55. The average molecular weight is 468 g/mol. The number of hydrogen-bond donors (Lipinski definition) is 0. The number of ketones is 3. The van der Waals surface area contributed by atoms with Crippen LogP contribution in [0.4, 0.5) is 5.69 Å². The predicted octanol–water partition coefficient (Wildman–Crippen LogP) is 5.67. The number of rotatable bonds is 2. The Hall–Kier alpha value is -3.50. The minimum atomic E-state index is -1.44. The Morgan fingerprint density at radius 1 is 0.941 bits per heavy atom. The van der Waals surface area contributed by atoms with Crippen LogP contribution >= 0.6 is 11.6 Å². The summed E-state index contributed by atoms with van der Waals surface area (Å²) < 4.78 is 0. The van der Waals surface area contributed by atoms with Gasteiger partial charge in [0, 0.05) is 27.8 Å². The molecule has 1 aliphatic carbocycles. The molecule has 0 saturated carbocycles. The zero-order valence-electron chi connectivity index (χ0n) is 18.8. The minimum absolute atomic E-state index is 0.0823. The lowest BCUT2D eigenvalue weighted by Crippen LogP contribution is -2.48. The quantitative estimate of drug-likeness (QED) is 0.455. The molecule has 2 aliphatic heterocycles. The van der Waals surface area contributed by atoms with Crippen LogP contribution in [0.3, 0.4) is 0 Å². The molecule has 0 radical (unpaired) electrons. The summed E-state index contributed by atoms with van der Waals surface area (Å²) in [4.78, 5) is 43.9. The number of halogens is 1. The zero-order chi connectivity index (χ0) is 23.8. The second-order valence-electron chi connectivity index (χ2n) is 9.43. The fourth-order valence-electron chi connectivity index (χ4n) is 6.27. The van der Waals surface area contributed by atoms with E-state index >= 15 is 0 Å². The largest absolute Gasteiger partial charge is 0.352 e. The summed E-state index contributed by atoms with van der Waals surface area (Å²) in [6, 6.07) is 19.0. The monoisotopic (exact) mass is 467 g/mol. The van der Waals surface area contributed by atoms with Crippen LogP contribution in [0.1, 0.15) is 50.2 Å². The maximum absolute atomic E-state index is 14.3. The fraction of sp³-hybridized carbons (Fsp3) is 0.207. The zero-order valence-corrected chi connectivity index (χ0v) is 19.5. The van der Waals surface area contributed by atoms with E-state index in [-0.39, 0.29) is 17.3 Å². The molecule has 0 unspecified atom stereocenters. The van der Waals surface area contributed by atoms with Crippen molar-refractivity contribution in [2.45, 2.75) is 31.8 Å². The van der Waals surface area contributed by atoms with Crippen molar-refractivity contribution >= 4 is 40.7 Å². The third-order valence-electron chi connectivity index (χ3n) is 7.61. The third-order valence-corrected chi connectivity index (χ3v) is 7.86. The van der Waals surface area contributed by atoms with E-state index in [0.717, 1.165) is 22.4 Å². The van der Waals surface area contributed by atoms with Crippen molar-refractivity contribution < 1.29 is 14.4 Å². The third kappa shape index (κ3) is 2.57. The van der Waals surface area contributed by atoms with Gasteiger partial charge in [0.2, 0.25) is 0 Å². The van der Waals surface area contributed by atoms with Gasteiger partial charge in [-0.3, -0.25) is 14.4 Å². The Labute approximate surface area is 202 Å². The molecule has 0 amide bonds. The lowest BCUT2D eigenvalue weighted by molar-refractivity contribution is -0.118. The van der Waals surface area contributed by atoms with Crippen LogP contribution in [0, 0.1) is 12.3 Å². The summed E-state index contributed by atoms with van der Waals surface area (Å²) >= 11 is 6.18. The molecule has 34 heavy (non-hydrogen) atoms. The first-order chi connectivity index (χ1) is 16.4. The highest BCUT2D eigenvalue weighted by atomic mass is 35.5. The van der Waals surface area contributed by atoms with Crippen molar-refractivity contribution in [3.05, 3.63) is 106 Å². The number of aryl methyl sites for hydroxylation is 1. The summed E-state index contributed by atoms with van der Waals surface area (Å²) in [7, 11) is 0. The van der Waals surface area contributed by atoms with E-state index in [2.05, 4.69) is 0 Å². The standard InChI is InChI=1S/C29H22ClNO3/c1-16-7-8-18-11-14-24-29(27(33)21-5-3-4-6-22(21)28(29)34)25(19-9-12-20(30)13-10-19)26(17(2)32)31(24)23(18)15-16/h3-15,24-26H,1-2H3/t24-,25-,26+/m0/s1. The number of benzene rings is 3. The molecule has 4 nitrogen and oxygen atoms in total. The molecule has 0 N–H and O–H groups in total. The van der Waals surface area contributed by atoms with Gasteiger partial charge in [0.05, 0.1) is 12.1 Å². The number of carbonyl (C=O) groups excluding carboxylic acids is 3. The molecule has 3 aliphatic rings. The van der Waals surface area contributed by atoms with E-state index in [9.17, 15) is 14.4 Å². The molecule has 2 heterocycles. The number of nitrogens with zero attached hydrogens (tertiary/aromatic N) is 1. The molecule has 3 aromatic rings. The van der Waals surface area contributed by atoms with E-state index in [1.54, 1.807) is 43.3 Å². The highest BCUT2D eigenvalue weighted by Crippen LogP contribution is 2.60. The Kier molecular flexibility index (Phi) is 4.49. The van der Waals surface area contributed by atoms with Crippen LogP contribution in [-0.2, 0) is 4.79 Å². The molecule has 6 rings (SSSR count). The Morgan fingerprint density at radius 2 is 1.59 bits per heavy atom. The van der Waals surface area contributed by atoms with Gasteiger partial charge < -0.3 is 4.90 Å². The Balaban J connectivity index is 1.69. The van der Waals surface area contributed by atoms with Gasteiger partial charge in [0.25, 0.3) is 0 Å². The van der Waals surface area contributed by atoms with Crippen LogP contribution in [0.25, 0.3) is 6.08 Å². The molecule has 1 fully saturated rings. The second-order valence-corrected chi connectivity index (χ2v) is 9.87. The van der Waals surface area contributed by atoms with Gasteiger partial charge in [0.1, 0.15) is 5.41 Å². The predicted molar refractivity (Wildman–Crippen MR) is 133 cm³/mol. The number of Topliss-reactive ketones (excluding diaryl/α,β-unsaturated/α-hetero) is 3. The SMILES string of the molecule is CC(=O)[C@@H]1[C@H](c2ccc(Cl)cc2)C2(C(=O)c3ccccc3C2=O)[C@@H]2C=Cc3ccc(C)cc3N12. The molecule has 168 valence electrons. The van der Waals surface area contributed by atoms with Gasteiger partial charge in [-0.05, 0) is 48.7 Å². The van der Waals surface area contributed by atoms with Crippen molar-refractivity contribution in [3.8, 4) is 0 Å². The van der Waals surface area contributed by atoms with E-state index < -0.39 is 23.4 Å². The highest BCUT2D eigenvalue weighted by molar-refractivity contribution is 6.32. The summed E-state index contributed by atoms with van der Waals surface area (Å²) in [5.74, 6) is -1.17. The smallest absolute Gasteiger partial charge is 0.180 e. The maximum atomic E-state index is 14.3. The highest BCUT2D eigenvalue weighted by Gasteiger charge is 2.71. The first-order valence-electron chi connectivity index (χ1n) is 11.4. The number of hydrogen-bond acceptors (Lipinski definition) is 4. The van der Waals surface area contributed by atoms with Gasteiger partial charge >= 0.3 is 0 Å². The van der Waals surface area contributed by atoms with Crippen molar-refractivity contribution in [1.82, 2.24) is 0 Å². The van der Waals surface area contributed by atoms with Crippen LogP contribution in [0.2, 0.25) is 5.02 Å². The van der Waals surface area contributed by atoms with E-state index in [4.69, 9.17) is 11.6 Å². The number of carbonyl (C=O) groups is 3. The van der Waals surface area contributed by atoms with Crippen LogP contribution in [0.5, 0.6) is 0 Å². The minimum Gasteiger partial charge on any atom is -0.352 e. The second kappa shape index (κ2) is 7.25. The van der Waals surface area contributed by atoms with E-state index in [1.165, 1.54) is 0 Å². The Bertz CT molecular complexity index is 1390. The number of anilines is 1. The molecule has 1 saturated heterocycles. The van der Waals surface area contributed by atoms with Crippen molar-refractivity contribution in [3.63, 3.8) is 0 Å². The van der Waals surface area contributed by atoms with Crippen molar-refractivity contribution in [1.29, 1.82) is 0 Å². The summed E-state index contributed by atoms with van der Waals surface area (Å²) in [5, 5.41) is 0.557. The molecular weight excluding hydrogens is 446 g/mol. The molecular formula is C29H22ClNO3. The number of fused-ring (bicyclic) bond motifs is 5. The molecule has 0 bridgehead atoms. The van der Waals surface area contributed by atoms with E-state index in [0.29, 0.717) is 16.1 Å². The topological polar surface area (TPSA) is 54.5 Å². The van der Waals surface area contributed by atoms with Crippen molar-refractivity contribution in [2.24, 2.45) is 5.41 Å². The molecule has 1 spiro atoms. The van der Waals surface area contributed by atoms with Gasteiger partial charge in [0.15, 0.2) is 17.3 Å². The summed E-state index contributed by atoms with van der Waals surface area (Å²) in [5.41, 5.74) is 3.07. The molecule has 0 aromatic heterocycles.